The van der Waals surface area contributed by atoms with Gasteiger partial charge >= 0.3 is 5.97 Å². The number of rotatable bonds is 4. The van der Waals surface area contributed by atoms with Crippen LogP contribution in [-0.2, 0) is 4.79 Å². The zero-order valence-electron chi connectivity index (χ0n) is 12.0. The van der Waals surface area contributed by atoms with Gasteiger partial charge in [-0.05, 0) is 49.9 Å². The largest absolute Gasteiger partial charge is 0.481 e. The molecule has 1 fully saturated rings. The van der Waals surface area contributed by atoms with Crippen LogP contribution in [-0.4, -0.2) is 22.5 Å². The van der Waals surface area contributed by atoms with E-state index in [4.69, 9.17) is 5.11 Å². The van der Waals surface area contributed by atoms with Crippen LogP contribution < -0.4 is 5.32 Å². The Bertz CT molecular complexity index is 531. The summed E-state index contributed by atoms with van der Waals surface area (Å²) in [5.74, 6) is -1.02. The Labute approximate surface area is 119 Å². The number of benzene rings is 1. The molecule has 0 radical (unpaired) electrons. The number of carbonyl (C=O) groups is 2. The van der Waals surface area contributed by atoms with E-state index >= 15 is 0 Å². The van der Waals surface area contributed by atoms with E-state index in [2.05, 4.69) is 5.32 Å². The van der Waals surface area contributed by atoms with Crippen LogP contribution in [0.3, 0.4) is 0 Å². The second kappa shape index (κ2) is 5.65. The van der Waals surface area contributed by atoms with E-state index < -0.39 is 11.5 Å². The van der Waals surface area contributed by atoms with E-state index in [1.807, 2.05) is 26.0 Å². The highest BCUT2D eigenvalue weighted by molar-refractivity contribution is 5.95. The summed E-state index contributed by atoms with van der Waals surface area (Å²) in [6, 6.07) is 5.57. The Hall–Kier alpha value is -1.84. The van der Waals surface area contributed by atoms with Gasteiger partial charge < -0.3 is 10.4 Å². The Morgan fingerprint density at radius 2 is 1.85 bits per heavy atom. The molecule has 0 aromatic heterocycles. The number of nitrogens with one attached hydrogen (secondary N) is 1. The lowest BCUT2D eigenvalue weighted by Crippen LogP contribution is -2.47. The van der Waals surface area contributed by atoms with Crippen LogP contribution in [0.15, 0.2) is 18.2 Å². The minimum absolute atomic E-state index is 0.00356. The van der Waals surface area contributed by atoms with Gasteiger partial charge in [0, 0.05) is 5.56 Å². The van der Waals surface area contributed by atoms with Crippen molar-refractivity contribution in [1.29, 1.82) is 0 Å². The average Bonchev–Trinajstić information content (AvgIpc) is 2.79. The maximum atomic E-state index is 12.3. The van der Waals surface area contributed by atoms with Crippen molar-refractivity contribution >= 4 is 11.9 Å². The molecule has 0 unspecified atom stereocenters. The number of hydrogen-bond donors (Lipinski definition) is 2. The van der Waals surface area contributed by atoms with E-state index in [9.17, 15) is 9.59 Å². The number of hydrogen-bond acceptors (Lipinski definition) is 2. The molecule has 0 bridgehead atoms. The van der Waals surface area contributed by atoms with Crippen LogP contribution in [0, 0.1) is 13.8 Å². The van der Waals surface area contributed by atoms with Crippen LogP contribution in [0.4, 0.5) is 0 Å². The van der Waals surface area contributed by atoms with Gasteiger partial charge in [-0.3, -0.25) is 9.59 Å². The molecule has 1 aromatic rings. The predicted octanol–water partition coefficient (Wildman–Crippen LogP) is 2.82. The summed E-state index contributed by atoms with van der Waals surface area (Å²) in [6.07, 6.45) is 3.44. The molecule has 4 nitrogen and oxygen atoms in total. The molecule has 2 N–H and O–H groups in total. The molecule has 0 heterocycles. The van der Waals surface area contributed by atoms with Gasteiger partial charge in [0.2, 0.25) is 0 Å². The molecule has 1 aliphatic carbocycles. The second-order valence-corrected chi connectivity index (χ2v) is 5.81. The molecule has 0 spiro atoms. The highest BCUT2D eigenvalue weighted by Crippen LogP contribution is 2.33. The fraction of sp³-hybridized carbons (Fsp3) is 0.500. The lowest BCUT2D eigenvalue weighted by atomic mass is 9.92. The second-order valence-electron chi connectivity index (χ2n) is 5.81. The zero-order chi connectivity index (χ0) is 14.8. The Morgan fingerprint density at radius 3 is 2.40 bits per heavy atom. The first kappa shape index (κ1) is 14.6. The minimum Gasteiger partial charge on any atom is -0.481 e. The summed E-state index contributed by atoms with van der Waals surface area (Å²) >= 11 is 0. The van der Waals surface area contributed by atoms with E-state index in [1.165, 1.54) is 0 Å². The molecule has 1 aliphatic rings. The lowest BCUT2D eigenvalue weighted by molar-refractivity contribution is -0.138. The van der Waals surface area contributed by atoms with Crippen LogP contribution in [0.1, 0.15) is 53.6 Å². The van der Waals surface area contributed by atoms with E-state index in [1.54, 1.807) is 6.07 Å². The third-order valence-electron chi connectivity index (χ3n) is 4.20. The molecule has 1 aromatic carbocycles. The molecular weight excluding hydrogens is 254 g/mol. The third-order valence-corrected chi connectivity index (χ3v) is 4.20. The first-order valence-corrected chi connectivity index (χ1v) is 7.03. The molecular formula is C16H21NO3. The maximum absolute atomic E-state index is 12.3. The Kier molecular flexibility index (Phi) is 4.12. The standard InChI is InChI=1S/C16H21NO3/c1-11-5-6-13(9-12(11)2)15(20)17-16(10-14(18)19)7-3-4-8-16/h5-6,9H,3-4,7-8,10H2,1-2H3,(H,17,20)(H,18,19). The number of aryl methyl sites for hydroxylation is 2. The van der Waals surface area contributed by atoms with Crippen molar-refractivity contribution in [2.75, 3.05) is 0 Å². The van der Waals surface area contributed by atoms with Crippen molar-refractivity contribution in [1.82, 2.24) is 5.32 Å². The van der Waals surface area contributed by atoms with Gasteiger partial charge in [0.1, 0.15) is 0 Å². The van der Waals surface area contributed by atoms with Crippen molar-refractivity contribution in [2.24, 2.45) is 0 Å². The highest BCUT2D eigenvalue weighted by Gasteiger charge is 2.37. The van der Waals surface area contributed by atoms with Crippen molar-refractivity contribution in [3.63, 3.8) is 0 Å². The average molecular weight is 275 g/mol. The highest BCUT2D eigenvalue weighted by atomic mass is 16.4. The van der Waals surface area contributed by atoms with Gasteiger partial charge in [0.05, 0.1) is 12.0 Å². The normalized spacial score (nSPS) is 16.9. The summed E-state index contributed by atoms with van der Waals surface area (Å²) in [4.78, 5) is 23.4. The van der Waals surface area contributed by atoms with Gasteiger partial charge in [-0.15, -0.1) is 0 Å². The molecule has 4 heteroatoms. The minimum atomic E-state index is -0.854. The van der Waals surface area contributed by atoms with Gasteiger partial charge in [0.15, 0.2) is 0 Å². The number of carboxylic acid groups (broad SMARTS) is 1. The fourth-order valence-corrected chi connectivity index (χ4v) is 2.88. The van der Waals surface area contributed by atoms with Crippen LogP contribution in [0.25, 0.3) is 0 Å². The number of carboxylic acids is 1. The van der Waals surface area contributed by atoms with Crippen molar-refractivity contribution in [3.05, 3.63) is 34.9 Å². The molecule has 1 amide bonds. The number of carbonyl (C=O) groups excluding carboxylic acids is 1. The van der Waals surface area contributed by atoms with Crippen LogP contribution >= 0.6 is 0 Å². The monoisotopic (exact) mass is 275 g/mol. The molecule has 108 valence electrons. The summed E-state index contributed by atoms with van der Waals surface area (Å²) in [5, 5.41) is 12.0. The maximum Gasteiger partial charge on any atom is 0.305 e. The molecule has 2 rings (SSSR count). The lowest BCUT2D eigenvalue weighted by Gasteiger charge is -2.28. The van der Waals surface area contributed by atoms with E-state index in [0.717, 1.165) is 36.8 Å². The van der Waals surface area contributed by atoms with E-state index in [-0.39, 0.29) is 12.3 Å². The number of aliphatic carboxylic acids is 1. The van der Waals surface area contributed by atoms with E-state index in [0.29, 0.717) is 5.56 Å². The van der Waals surface area contributed by atoms with Gasteiger partial charge in [-0.1, -0.05) is 18.9 Å². The zero-order valence-corrected chi connectivity index (χ0v) is 12.0. The van der Waals surface area contributed by atoms with Crippen molar-refractivity contribution < 1.29 is 14.7 Å². The molecule has 1 saturated carbocycles. The van der Waals surface area contributed by atoms with Crippen molar-refractivity contribution in [2.45, 2.75) is 51.5 Å². The predicted molar refractivity (Wildman–Crippen MR) is 76.8 cm³/mol. The smallest absolute Gasteiger partial charge is 0.305 e. The molecule has 20 heavy (non-hydrogen) atoms. The summed E-state index contributed by atoms with van der Waals surface area (Å²) in [6.45, 7) is 3.97. The summed E-state index contributed by atoms with van der Waals surface area (Å²) in [7, 11) is 0. The Morgan fingerprint density at radius 1 is 1.20 bits per heavy atom. The number of amides is 1. The molecule has 0 saturated heterocycles. The quantitative estimate of drug-likeness (QED) is 0.888. The molecule has 0 atom stereocenters. The first-order valence-electron chi connectivity index (χ1n) is 7.03. The van der Waals surface area contributed by atoms with Gasteiger partial charge in [-0.2, -0.15) is 0 Å². The van der Waals surface area contributed by atoms with Gasteiger partial charge in [0.25, 0.3) is 5.91 Å². The third kappa shape index (κ3) is 3.18. The van der Waals surface area contributed by atoms with Crippen molar-refractivity contribution in [3.8, 4) is 0 Å². The van der Waals surface area contributed by atoms with Crippen LogP contribution in [0.5, 0.6) is 0 Å². The summed E-state index contributed by atoms with van der Waals surface area (Å²) < 4.78 is 0. The molecule has 0 aliphatic heterocycles. The SMILES string of the molecule is Cc1ccc(C(=O)NC2(CC(=O)O)CCCC2)cc1C. The summed E-state index contributed by atoms with van der Waals surface area (Å²) in [5.41, 5.74) is 2.24. The fourth-order valence-electron chi connectivity index (χ4n) is 2.88. The first-order chi connectivity index (χ1) is 9.42. The van der Waals surface area contributed by atoms with Crippen LogP contribution in [0.2, 0.25) is 0 Å². The Balaban J connectivity index is 2.16. The topological polar surface area (TPSA) is 66.4 Å². The van der Waals surface area contributed by atoms with Gasteiger partial charge in [-0.25, -0.2) is 0 Å².